The van der Waals surface area contributed by atoms with Crippen LogP contribution in [0.5, 0.6) is 0 Å². The number of carbonyl (C=O) groups excluding carboxylic acids is 1. The van der Waals surface area contributed by atoms with Gasteiger partial charge in [-0.3, -0.25) is 4.79 Å². The lowest BCUT2D eigenvalue weighted by atomic mass is 10.3. The Kier molecular flexibility index (Phi) is 2.92. The Morgan fingerprint density at radius 2 is 2.06 bits per heavy atom. The summed E-state index contributed by atoms with van der Waals surface area (Å²) in [6.07, 6.45) is 3.43. The molecule has 0 spiro atoms. The lowest BCUT2D eigenvalue weighted by Crippen LogP contribution is -2.28. The second-order valence-corrected chi connectivity index (χ2v) is 5.00. The fraction of sp³-hybridized carbons (Fsp3) is 0.400. The van der Waals surface area contributed by atoms with Crippen molar-refractivity contribution >= 4 is 37.9 Å². The number of rotatable bonds is 1. The Morgan fingerprint density at radius 1 is 1.33 bits per heavy atom. The lowest BCUT2D eigenvalue weighted by molar-refractivity contribution is 0.0788. The van der Waals surface area contributed by atoms with E-state index in [1.807, 2.05) is 0 Å². The largest absolute Gasteiger partial charge is 0.337 e. The Bertz CT molecular complexity index is 622. The van der Waals surface area contributed by atoms with Gasteiger partial charge in [-0.25, -0.2) is 14.4 Å². The Hall–Kier alpha value is -1.26. The smallest absolute Gasteiger partial charge is 0.275 e. The SMILES string of the molecule is O=C(c1nn(P)c2ncnc(Cl)c12)N1CCCC1. The first-order valence-corrected chi connectivity index (χ1v) is 6.51. The minimum atomic E-state index is -0.101. The molecule has 1 amide bonds. The topological polar surface area (TPSA) is 63.9 Å². The summed E-state index contributed by atoms with van der Waals surface area (Å²) < 4.78 is 1.48. The van der Waals surface area contributed by atoms with Crippen molar-refractivity contribution in [3.63, 3.8) is 0 Å². The number of aromatic nitrogens is 4. The zero-order valence-corrected chi connectivity index (χ0v) is 11.4. The molecule has 1 unspecified atom stereocenters. The van der Waals surface area contributed by atoms with Crippen LogP contribution in [0.15, 0.2) is 6.33 Å². The summed E-state index contributed by atoms with van der Waals surface area (Å²) in [5.41, 5.74) is 0.870. The van der Waals surface area contributed by atoms with Gasteiger partial charge in [0, 0.05) is 13.1 Å². The van der Waals surface area contributed by atoms with Crippen LogP contribution in [0, 0.1) is 0 Å². The minimum absolute atomic E-state index is 0.101. The molecular weight excluding hydrogens is 273 g/mol. The number of hydrogen-bond acceptors (Lipinski definition) is 4. The van der Waals surface area contributed by atoms with Gasteiger partial charge in [-0.2, -0.15) is 5.10 Å². The van der Waals surface area contributed by atoms with Gasteiger partial charge in [-0.1, -0.05) is 11.6 Å². The maximum atomic E-state index is 12.4. The minimum Gasteiger partial charge on any atom is -0.337 e. The van der Waals surface area contributed by atoms with Crippen LogP contribution in [0.4, 0.5) is 0 Å². The maximum Gasteiger partial charge on any atom is 0.275 e. The Labute approximate surface area is 111 Å². The van der Waals surface area contributed by atoms with Crippen LogP contribution in [0.3, 0.4) is 0 Å². The molecule has 1 fully saturated rings. The number of carbonyl (C=O) groups is 1. The van der Waals surface area contributed by atoms with Crippen LogP contribution in [0.2, 0.25) is 5.15 Å². The van der Waals surface area contributed by atoms with E-state index in [4.69, 9.17) is 11.6 Å². The summed E-state index contributed by atoms with van der Waals surface area (Å²) in [5.74, 6) is -0.101. The van der Waals surface area contributed by atoms with Crippen molar-refractivity contribution in [2.24, 2.45) is 0 Å². The van der Waals surface area contributed by atoms with E-state index >= 15 is 0 Å². The molecule has 94 valence electrons. The van der Waals surface area contributed by atoms with Crippen LogP contribution >= 0.6 is 21.0 Å². The highest BCUT2D eigenvalue weighted by molar-refractivity contribution is 7.14. The van der Waals surface area contributed by atoms with Gasteiger partial charge < -0.3 is 4.90 Å². The highest BCUT2D eigenvalue weighted by Gasteiger charge is 2.26. The molecule has 3 heterocycles. The summed E-state index contributed by atoms with van der Waals surface area (Å²) >= 11 is 6.04. The predicted octanol–water partition coefficient (Wildman–Crippen LogP) is 1.35. The number of amides is 1. The van der Waals surface area contributed by atoms with E-state index in [1.54, 1.807) is 4.90 Å². The molecule has 0 N–H and O–H groups in total. The molecule has 1 saturated heterocycles. The highest BCUT2D eigenvalue weighted by Crippen LogP contribution is 2.26. The van der Waals surface area contributed by atoms with Crippen LogP contribution in [0.1, 0.15) is 23.3 Å². The van der Waals surface area contributed by atoms with Crippen LogP contribution in [-0.4, -0.2) is 43.4 Å². The monoisotopic (exact) mass is 283 g/mol. The number of fused-ring (bicyclic) bond motifs is 1. The van der Waals surface area contributed by atoms with E-state index in [1.165, 1.54) is 10.8 Å². The van der Waals surface area contributed by atoms with E-state index in [0.29, 0.717) is 16.7 Å². The molecule has 18 heavy (non-hydrogen) atoms. The third-order valence-corrected chi connectivity index (χ3v) is 3.69. The summed E-state index contributed by atoms with van der Waals surface area (Å²) in [7, 11) is 2.40. The molecule has 2 aromatic heterocycles. The second kappa shape index (κ2) is 4.44. The quantitative estimate of drug-likeness (QED) is 0.585. The summed E-state index contributed by atoms with van der Waals surface area (Å²) in [4.78, 5) is 22.1. The molecule has 1 atom stereocenters. The first-order valence-electron chi connectivity index (χ1n) is 5.62. The van der Waals surface area contributed by atoms with Gasteiger partial charge >= 0.3 is 0 Å². The number of likely N-dealkylation sites (tertiary alicyclic amines) is 1. The summed E-state index contributed by atoms with van der Waals surface area (Å²) in [5, 5.41) is 4.98. The van der Waals surface area contributed by atoms with Crippen LogP contribution in [-0.2, 0) is 0 Å². The third-order valence-electron chi connectivity index (χ3n) is 3.04. The molecule has 1 aliphatic heterocycles. The predicted molar refractivity (Wildman–Crippen MR) is 70.6 cm³/mol. The van der Waals surface area contributed by atoms with Crippen molar-refractivity contribution in [2.45, 2.75) is 12.8 Å². The van der Waals surface area contributed by atoms with E-state index in [9.17, 15) is 4.79 Å². The van der Waals surface area contributed by atoms with E-state index in [2.05, 4.69) is 24.5 Å². The van der Waals surface area contributed by atoms with Gasteiger partial charge in [0.05, 0.1) is 5.39 Å². The Balaban J connectivity index is 2.14. The van der Waals surface area contributed by atoms with Crippen molar-refractivity contribution in [2.75, 3.05) is 13.1 Å². The van der Waals surface area contributed by atoms with Gasteiger partial charge in [-0.15, -0.1) is 0 Å². The van der Waals surface area contributed by atoms with Gasteiger partial charge in [0.15, 0.2) is 11.3 Å². The maximum absolute atomic E-state index is 12.4. The standard InChI is InChI=1S/C10H11ClN5OP/c11-8-6-7(10(17)15-3-1-2-4-15)14-16(18)9(6)13-5-12-8/h5H,1-4,18H2. The zero-order valence-electron chi connectivity index (χ0n) is 9.51. The van der Waals surface area contributed by atoms with Crippen LogP contribution in [0.25, 0.3) is 11.0 Å². The Morgan fingerprint density at radius 3 is 2.78 bits per heavy atom. The van der Waals surface area contributed by atoms with Crippen molar-refractivity contribution in [3.8, 4) is 0 Å². The summed E-state index contributed by atoms with van der Waals surface area (Å²) in [6.45, 7) is 1.55. The normalized spacial score (nSPS) is 15.6. The van der Waals surface area contributed by atoms with Crippen molar-refractivity contribution in [1.29, 1.82) is 0 Å². The fourth-order valence-electron chi connectivity index (χ4n) is 2.16. The number of hydrogen-bond donors (Lipinski definition) is 0. The number of halogens is 1. The van der Waals surface area contributed by atoms with Crippen LogP contribution < -0.4 is 0 Å². The van der Waals surface area contributed by atoms with Crippen molar-refractivity contribution < 1.29 is 4.79 Å². The van der Waals surface area contributed by atoms with Gasteiger partial charge in [0.2, 0.25) is 0 Å². The van der Waals surface area contributed by atoms with Crippen molar-refractivity contribution in [1.82, 2.24) is 24.4 Å². The van der Waals surface area contributed by atoms with E-state index in [-0.39, 0.29) is 11.1 Å². The zero-order chi connectivity index (χ0) is 12.7. The fourth-order valence-corrected chi connectivity index (χ4v) is 2.69. The van der Waals surface area contributed by atoms with Crippen molar-refractivity contribution in [3.05, 3.63) is 17.2 Å². The van der Waals surface area contributed by atoms with Gasteiger partial charge in [0.1, 0.15) is 11.5 Å². The lowest BCUT2D eigenvalue weighted by Gasteiger charge is -2.13. The van der Waals surface area contributed by atoms with Gasteiger partial charge in [0.25, 0.3) is 5.91 Å². The third kappa shape index (κ3) is 1.76. The summed E-state index contributed by atoms with van der Waals surface area (Å²) in [6, 6.07) is 0. The first-order chi connectivity index (χ1) is 8.68. The molecule has 3 rings (SSSR count). The van der Waals surface area contributed by atoms with Gasteiger partial charge in [-0.05, 0) is 22.2 Å². The van der Waals surface area contributed by atoms with E-state index in [0.717, 1.165) is 25.9 Å². The molecule has 8 heteroatoms. The highest BCUT2D eigenvalue weighted by atomic mass is 35.5. The molecule has 2 aromatic rings. The molecule has 0 saturated carbocycles. The average Bonchev–Trinajstić information content (AvgIpc) is 2.98. The molecule has 0 aliphatic carbocycles. The molecule has 0 radical (unpaired) electrons. The average molecular weight is 284 g/mol. The number of nitrogens with zero attached hydrogens (tertiary/aromatic N) is 5. The first kappa shape index (κ1) is 11.8. The van der Waals surface area contributed by atoms with E-state index < -0.39 is 0 Å². The molecule has 1 aliphatic rings. The molecule has 6 nitrogen and oxygen atoms in total. The molecule has 0 aromatic carbocycles. The molecule has 0 bridgehead atoms. The second-order valence-electron chi connectivity index (χ2n) is 4.16. The molecular formula is C10H11ClN5OP.